The fourth-order valence-corrected chi connectivity index (χ4v) is 3.31. The summed E-state index contributed by atoms with van der Waals surface area (Å²) in [5.41, 5.74) is 1.52. The highest BCUT2D eigenvalue weighted by Crippen LogP contribution is 2.37. The van der Waals surface area contributed by atoms with Crippen molar-refractivity contribution in [3.63, 3.8) is 0 Å². The quantitative estimate of drug-likeness (QED) is 0.916. The molecule has 6 heteroatoms. The van der Waals surface area contributed by atoms with E-state index >= 15 is 0 Å². The first-order valence-electron chi connectivity index (χ1n) is 6.51. The first kappa shape index (κ1) is 14.0. The van der Waals surface area contributed by atoms with E-state index in [1.54, 1.807) is 17.5 Å². The monoisotopic (exact) mass is 307 g/mol. The van der Waals surface area contributed by atoms with Crippen molar-refractivity contribution in [1.29, 1.82) is 0 Å². The normalized spacial score (nSPS) is 15.3. The van der Waals surface area contributed by atoms with E-state index in [4.69, 9.17) is 4.74 Å². The fraction of sp³-hybridized carbons (Fsp3) is 0.267. The zero-order valence-corrected chi connectivity index (χ0v) is 12.2. The second-order valence-electron chi connectivity index (χ2n) is 4.83. The summed E-state index contributed by atoms with van der Waals surface area (Å²) >= 11 is 1.31. The molecule has 1 aromatic carbocycles. The number of carbonyl (C=O) groups excluding carboxylic acids is 1. The van der Waals surface area contributed by atoms with Crippen LogP contribution in [-0.4, -0.2) is 18.1 Å². The topological polar surface area (TPSA) is 58.6 Å². The molecule has 1 atom stereocenters. The summed E-state index contributed by atoms with van der Waals surface area (Å²) in [7, 11) is 1.51. The minimum absolute atomic E-state index is 0.116. The van der Waals surface area contributed by atoms with Gasteiger partial charge in [0, 0.05) is 17.7 Å². The molecule has 3 rings (SSSR count). The van der Waals surface area contributed by atoms with Crippen molar-refractivity contribution in [2.75, 3.05) is 12.4 Å². The minimum Gasteiger partial charge on any atom is -0.495 e. The van der Waals surface area contributed by atoms with E-state index in [1.807, 2.05) is 0 Å². The van der Waals surface area contributed by atoms with Gasteiger partial charge in [-0.2, -0.15) is 0 Å². The summed E-state index contributed by atoms with van der Waals surface area (Å²) in [5, 5.41) is 14.9. The Morgan fingerprint density at radius 1 is 1.43 bits per heavy atom. The third-order valence-corrected chi connectivity index (χ3v) is 4.49. The molecule has 0 bridgehead atoms. The second kappa shape index (κ2) is 5.46. The van der Waals surface area contributed by atoms with Crippen molar-refractivity contribution in [2.45, 2.75) is 18.9 Å². The lowest BCUT2D eigenvalue weighted by atomic mass is 9.97. The van der Waals surface area contributed by atoms with Crippen LogP contribution >= 0.6 is 11.3 Å². The Morgan fingerprint density at radius 3 is 3.00 bits per heavy atom. The van der Waals surface area contributed by atoms with Gasteiger partial charge < -0.3 is 15.2 Å². The van der Waals surface area contributed by atoms with E-state index < -0.39 is 11.9 Å². The van der Waals surface area contributed by atoms with Gasteiger partial charge >= 0.3 is 0 Å². The molecular formula is C15H14FNO3S. The molecule has 110 valence electrons. The predicted molar refractivity (Wildman–Crippen MR) is 78.3 cm³/mol. The number of rotatable bonds is 3. The number of methoxy groups -OCH3 is 1. The van der Waals surface area contributed by atoms with E-state index in [2.05, 4.69) is 5.32 Å². The Bertz CT molecular complexity index is 698. The summed E-state index contributed by atoms with van der Waals surface area (Å²) in [6, 6.07) is 4.62. The van der Waals surface area contributed by atoms with Gasteiger partial charge in [0.2, 0.25) is 5.91 Å². The molecule has 0 radical (unpaired) electrons. The van der Waals surface area contributed by atoms with Gasteiger partial charge in [-0.05, 0) is 35.6 Å². The van der Waals surface area contributed by atoms with Gasteiger partial charge in [0.25, 0.3) is 0 Å². The maximum atomic E-state index is 14.2. The summed E-state index contributed by atoms with van der Waals surface area (Å²) in [6.07, 6.45) is -0.165. The minimum atomic E-state index is -1.08. The highest BCUT2D eigenvalue weighted by atomic mass is 32.1. The van der Waals surface area contributed by atoms with Gasteiger partial charge in [-0.3, -0.25) is 4.79 Å². The maximum absolute atomic E-state index is 14.2. The lowest BCUT2D eigenvalue weighted by Crippen LogP contribution is -2.20. The van der Waals surface area contributed by atoms with E-state index in [-0.39, 0.29) is 11.5 Å². The molecule has 0 fully saturated rings. The Hall–Kier alpha value is -1.92. The molecule has 2 aromatic rings. The van der Waals surface area contributed by atoms with Crippen LogP contribution in [0.4, 0.5) is 10.1 Å². The number of aryl methyl sites for hydroxylation is 1. The molecule has 21 heavy (non-hydrogen) atoms. The van der Waals surface area contributed by atoms with Gasteiger partial charge in [0.05, 0.1) is 12.0 Å². The van der Waals surface area contributed by atoms with Crippen LogP contribution in [0, 0.1) is 5.82 Å². The van der Waals surface area contributed by atoms with Gasteiger partial charge in [0.15, 0.2) is 0 Å². The Kier molecular flexibility index (Phi) is 3.65. The zero-order valence-electron chi connectivity index (χ0n) is 11.4. The molecule has 0 saturated heterocycles. The number of halogens is 1. The third-order valence-electron chi connectivity index (χ3n) is 3.54. The number of anilines is 1. The third kappa shape index (κ3) is 2.52. The summed E-state index contributed by atoms with van der Waals surface area (Å²) in [5.74, 6) is -0.119. The summed E-state index contributed by atoms with van der Waals surface area (Å²) in [4.78, 5) is 11.9. The molecule has 2 N–H and O–H groups in total. The second-order valence-corrected chi connectivity index (χ2v) is 5.78. The number of carbonyl (C=O) groups is 1. The largest absolute Gasteiger partial charge is 0.495 e. The highest BCUT2D eigenvalue weighted by Gasteiger charge is 2.24. The summed E-state index contributed by atoms with van der Waals surface area (Å²) in [6.45, 7) is 0. The van der Waals surface area contributed by atoms with Crippen molar-refractivity contribution >= 4 is 22.9 Å². The number of hydrogen-bond acceptors (Lipinski definition) is 4. The van der Waals surface area contributed by atoms with Gasteiger partial charge in [-0.15, -0.1) is 11.3 Å². The highest BCUT2D eigenvalue weighted by molar-refractivity contribution is 7.10. The van der Waals surface area contributed by atoms with Crippen molar-refractivity contribution in [1.82, 2.24) is 0 Å². The lowest BCUT2D eigenvalue weighted by molar-refractivity contribution is -0.116. The first-order chi connectivity index (χ1) is 10.1. The average molecular weight is 307 g/mol. The van der Waals surface area contributed by atoms with Crippen LogP contribution in [0.15, 0.2) is 23.6 Å². The smallest absolute Gasteiger partial charge is 0.224 e. The average Bonchev–Trinajstić information content (AvgIpc) is 2.94. The predicted octanol–water partition coefficient (Wildman–Crippen LogP) is 2.86. The van der Waals surface area contributed by atoms with Crippen LogP contribution in [0.5, 0.6) is 5.75 Å². The van der Waals surface area contributed by atoms with Crippen LogP contribution in [0.25, 0.3) is 0 Å². The molecule has 4 nitrogen and oxygen atoms in total. The van der Waals surface area contributed by atoms with Crippen LogP contribution < -0.4 is 10.1 Å². The van der Waals surface area contributed by atoms with Crippen LogP contribution in [0.3, 0.4) is 0 Å². The van der Waals surface area contributed by atoms with Gasteiger partial charge in [0.1, 0.15) is 17.7 Å². The number of nitrogens with one attached hydrogen (secondary N) is 1. The molecular weight excluding hydrogens is 293 g/mol. The van der Waals surface area contributed by atoms with Crippen molar-refractivity contribution in [3.8, 4) is 5.75 Å². The van der Waals surface area contributed by atoms with Crippen LogP contribution in [0.1, 0.15) is 28.5 Å². The maximum Gasteiger partial charge on any atom is 0.224 e. The van der Waals surface area contributed by atoms with Crippen molar-refractivity contribution in [3.05, 3.63) is 45.4 Å². The van der Waals surface area contributed by atoms with E-state index in [0.717, 1.165) is 5.56 Å². The molecule has 1 amide bonds. The molecule has 1 aromatic heterocycles. The molecule has 0 spiro atoms. The Labute approximate surface area is 125 Å². The lowest BCUT2D eigenvalue weighted by Gasteiger charge is -2.20. The number of fused-ring (bicyclic) bond motifs is 1. The van der Waals surface area contributed by atoms with Crippen molar-refractivity contribution < 1.29 is 19.0 Å². The Balaban J connectivity index is 2.01. The number of thiophene rings is 1. The molecule has 0 saturated carbocycles. The molecule has 2 heterocycles. The van der Waals surface area contributed by atoms with Gasteiger partial charge in [-0.1, -0.05) is 0 Å². The van der Waals surface area contributed by atoms with E-state index in [9.17, 15) is 14.3 Å². The number of benzene rings is 1. The summed E-state index contributed by atoms with van der Waals surface area (Å²) < 4.78 is 19.4. The number of aliphatic hydroxyl groups is 1. The number of amides is 1. The number of hydrogen-bond donors (Lipinski definition) is 2. The van der Waals surface area contributed by atoms with Crippen LogP contribution in [-0.2, 0) is 11.2 Å². The SMILES string of the molecule is COc1ccsc1C(O)c1cc2c(cc1F)NC(=O)CC2. The van der Waals surface area contributed by atoms with E-state index in [1.165, 1.54) is 24.5 Å². The molecule has 1 aliphatic heterocycles. The van der Waals surface area contributed by atoms with Gasteiger partial charge in [-0.25, -0.2) is 4.39 Å². The van der Waals surface area contributed by atoms with Crippen LogP contribution in [0.2, 0.25) is 0 Å². The number of aliphatic hydroxyl groups excluding tert-OH is 1. The zero-order chi connectivity index (χ0) is 15.0. The molecule has 1 unspecified atom stereocenters. The standard InChI is InChI=1S/C15H14FNO3S/c1-20-12-4-5-21-15(12)14(19)9-6-8-2-3-13(18)17-11(8)7-10(9)16/h4-7,14,19H,2-3H2,1H3,(H,17,18). The fourth-order valence-electron chi connectivity index (χ4n) is 2.45. The molecule has 0 aliphatic carbocycles. The number of ether oxygens (including phenoxy) is 1. The molecule has 1 aliphatic rings. The van der Waals surface area contributed by atoms with E-state index in [0.29, 0.717) is 29.2 Å². The van der Waals surface area contributed by atoms with Crippen molar-refractivity contribution in [2.24, 2.45) is 0 Å². The Morgan fingerprint density at radius 2 is 2.24 bits per heavy atom. The first-order valence-corrected chi connectivity index (χ1v) is 7.39.